The van der Waals surface area contributed by atoms with Gasteiger partial charge >= 0.3 is 0 Å². The summed E-state index contributed by atoms with van der Waals surface area (Å²) in [4.78, 5) is 2.60. The van der Waals surface area contributed by atoms with E-state index in [0.29, 0.717) is 5.54 Å². The third-order valence-electron chi connectivity index (χ3n) is 3.70. The molecule has 2 rings (SSSR count). The van der Waals surface area contributed by atoms with Gasteiger partial charge in [-0.05, 0) is 33.6 Å². The van der Waals surface area contributed by atoms with Gasteiger partial charge in [0.1, 0.15) is 0 Å². The minimum Gasteiger partial charge on any atom is -0.314 e. The number of nitrogens with zero attached hydrogens (tertiary/aromatic N) is 1. The van der Waals surface area contributed by atoms with E-state index in [9.17, 15) is 0 Å². The number of hydrogen-bond donors (Lipinski definition) is 2. The first kappa shape index (κ1) is 11.4. The summed E-state index contributed by atoms with van der Waals surface area (Å²) in [5.41, 5.74) is 0.350. The van der Waals surface area contributed by atoms with Gasteiger partial charge in [-0.2, -0.15) is 0 Å². The van der Waals surface area contributed by atoms with E-state index in [1.165, 1.54) is 39.0 Å². The molecule has 0 amide bonds. The molecule has 0 atom stereocenters. The maximum Gasteiger partial charge on any atom is 0.0319 e. The first-order chi connectivity index (χ1) is 7.05. The topological polar surface area (TPSA) is 27.3 Å². The van der Waals surface area contributed by atoms with Crippen molar-refractivity contribution in [2.45, 2.75) is 51.2 Å². The highest BCUT2D eigenvalue weighted by molar-refractivity contribution is 4.89. The average Bonchev–Trinajstić information content (AvgIpc) is 2.11. The number of rotatable bonds is 2. The molecule has 88 valence electrons. The number of likely N-dealkylation sites (tertiary alicyclic amines) is 1. The molecule has 2 aliphatic rings. The van der Waals surface area contributed by atoms with Gasteiger partial charge in [-0.1, -0.05) is 0 Å². The molecule has 0 aromatic carbocycles. The second-order valence-corrected chi connectivity index (χ2v) is 5.95. The van der Waals surface area contributed by atoms with Crippen LogP contribution in [0.25, 0.3) is 0 Å². The molecule has 2 heterocycles. The van der Waals surface area contributed by atoms with E-state index in [0.717, 1.165) is 12.1 Å². The van der Waals surface area contributed by atoms with Crippen LogP contribution in [-0.2, 0) is 0 Å². The largest absolute Gasteiger partial charge is 0.314 e. The van der Waals surface area contributed by atoms with E-state index in [1.807, 2.05) is 0 Å². The van der Waals surface area contributed by atoms with Crippen LogP contribution in [0.1, 0.15) is 33.6 Å². The molecule has 0 aromatic heterocycles. The van der Waals surface area contributed by atoms with Gasteiger partial charge in [-0.3, -0.25) is 4.90 Å². The summed E-state index contributed by atoms with van der Waals surface area (Å²) in [5, 5.41) is 7.05. The zero-order chi connectivity index (χ0) is 10.9. The zero-order valence-corrected chi connectivity index (χ0v) is 10.3. The van der Waals surface area contributed by atoms with E-state index in [2.05, 4.69) is 36.3 Å². The summed E-state index contributed by atoms with van der Waals surface area (Å²) in [6.45, 7) is 11.8. The minimum absolute atomic E-state index is 0.350. The smallest absolute Gasteiger partial charge is 0.0319 e. The average molecular weight is 211 g/mol. The Morgan fingerprint density at radius 2 is 1.67 bits per heavy atom. The van der Waals surface area contributed by atoms with Crippen molar-refractivity contribution in [3.63, 3.8) is 0 Å². The van der Waals surface area contributed by atoms with E-state index in [4.69, 9.17) is 0 Å². The second kappa shape index (κ2) is 4.40. The van der Waals surface area contributed by atoms with Gasteiger partial charge in [0.05, 0.1) is 0 Å². The highest BCUT2D eigenvalue weighted by Crippen LogP contribution is 2.20. The first-order valence-electron chi connectivity index (χ1n) is 6.27. The summed E-state index contributed by atoms with van der Waals surface area (Å²) in [7, 11) is 0. The molecule has 0 bridgehead atoms. The zero-order valence-electron chi connectivity index (χ0n) is 10.3. The maximum atomic E-state index is 3.74. The third kappa shape index (κ3) is 2.92. The van der Waals surface area contributed by atoms with Crippen LogP contribution in [0.15, 0.2) is 0 Å². The summed E-state index contributed by atoms with van der Waals surface area (Å²) in [5.74, 6) is 0. The molecule has 3 nitrogen and oxygen atoms in total. The van der Waals surface area contributed by atoms with Crippen LogP contribution in [0.2, 0.25) is 0 Å². The van der Waals surface area contributed by atoms with E-state index < -0.39 is 0 Å². The Morgan fingerprint density at radius 1 is 1.07 bits per heavy atom. The molecule has 2 saturated heterocycles. The molecule has 0 aliphatic carbocycles. The number of piperidine rings is 1. The van der Waals surface area contributed by atoms with Crippen molar-refractivity contribution >= 4 is 0 Å². The fraction of sp³-hybridized carbons (Fsp3) is 1.00. The van der Waals surface area contributed by atoms with Gasteiger partial charge in [-0.15, -0.1) is 0 Å². The molecule has 0 saturated carbocycles. The van der Waals surface area contributed by atoms with Gasteiger partial charge in [-0.25, -0.2) is 0 Å². The van der Waals surface area contributed by atoms with Crippen LogP contribution < -0.4 is 10.6 Å². The summed E-state index contributed by atoms with van der Waals surface area (Å²) in [6, 6.07) is 1.51. The van der Waals surface area contributed by atoms with Gasteiger partial charge < -0.3 is 10.6 Å². The molecule has 2 aliphatic heterocycles. The van der Waals surface area contributed by atoms with Crippen molar-refractivity contribution in [3.05, 3.63) is 0 Å². The highest BCUT2D eigenvalue weighted by atomic mass is 15.2. The summed E-state index contributed by atoms with van der Waals surface area (Å²) < 4.78 is 0. The van der Waals surface area contributed by atoms with Gasteiger partial charge in [0.25, 0.3) is 0 Å². The fourth-order valence-corrected chi connectivity index (χ4v) is 2.46. The molecular weight excluding hydrogens is 186 g/mol. The van der Waals surface area contributed by atoms with Gasteiger partial charge in [0.15, 0.2) is 0 Å². The lowest BCUT2D eigenvalue weighted by Crippen LogP contribution is -2.60. The van der Waals surface area contributed by atoms with E-state index in [-0.39, 0.29) is 0 Å². The van der Waals surface area contributed by atoms with Crippen LogP contribution in [-0.4, -0.2) is 48.7 Å². The Labute approximate surface area is 93.6 Å². The molecule has 3 heteroatoms. The van der Waals surface area contributed by atoms with E-state index >= 15 is 0 Å². The van der Waals surface area contributed by atoms with Crippen LogP contribution in [0.4, 0.5) is 0 Å². The Balaban J connectivity index is 1.71. The van der Waals surface area contributed by atoms with Crippen molar-refractivity contribution in [2.24, 2.45) is 0 Å². The van der Waals surface area contributed by atoms with Crippen LogP contribution in [0.5, 0.6) is 0 Å². The van der Waals surface area contributed by atoms with Crippen molar-refractivity contribution in [3.8, 4) is 0 Å². The molecular formula is C12H25N3. The first-order valence-corrected chi connectivity index (χ1v) is 6.27. The lowest BCUT2D eigenvalue weighted by Gasteiger charge is -2.42. The quantitative estimate of drug-likeness (QED) is 0.708. The molecule has 15 heavy (non-hydrogen) atoms. The molecule has 2 fully saturated rings. The molecule has 0 spiro atoms. The monoisotopic (exact) mass is 211 g/mol. The van der Waals surface area contributed by atoms with Crippen LogP contribution >= 0.6 is 0 Å². The minimum atomic E-state index is 0.350. The highest BCUT2D eigenvalue weighted by Gasteiger charge is 2.28. The van der Waals surface area contributed by atoms with Crippen LogP contribution in [0, 0.1) is 0 Å². The Bertz CT molecular complexity index is 197. The normalized spacial score (nSPS) is 26.6. The second-order valence-electron chi connectivity index (χ2n) is 5.95. The van der Waals surface area contributed by atoms with Crippen molar-refractivity contribution in [1.29, 1.82) is 0 Å². The predicted molar refractivity (Wildman–Crippen MR) is 64.1 cm³/mol. The van der Waals surface area contributed by atoms with Crippen molar-refractivity contribution in [2.75, 3.05) is 26.2 Å². The summed E-state index contributed by atoms with van der Waals surface area (Å²) >= 11 is 0. The lowest BCUT2D eigenvalue weighted by atomic mass is 9.97. The Morgan fingerprint density at radius 3 is 2.07 bits per heavy atom. The van der Waals surface area contributed by atoms with Crippen molar-refractivity contribution < 1.29 is 0 Å². The fourth-order valence-electron chi connectivity index (χ4n) is 2.46. The molecule has 2 N–H and O–H groups in total. The summed E-state index contributed by atoms with van der Waals surface area (Å²) in [6.07, 6.45) is 2.63. The lowest BCUT2D eigenvalue weighted by molar-refractivity contribution is 0.0916. The van der Waals surface area contributed by atoms with Gasteiger partial charge in [0.2, 0.25) is 0 Å². The Hall–Kier alpha value is -0.120. The Kier molecular flexibility index (Phi) is 3.33. The third-order valence-corrected chi connectivity index (χ3v) is 3.70. The number of hydrogen-bond acceptors (Lipinski definition) is 3. The number of nitrogens with one attached hydrogen (secondary N) is 2. The SMILES string of the molecule is CC(C)(C)N1CCC(NC2CNC2)CC1. The van der Waals surface area contributed by atoms with E-state index in [1.54, 1.807) is 0 Å². The predicted octanol–water partition coefficient (Wildman–Crippen LogP) is 0.811. The standard InChI is InChI=1S/C12H25N3/c1-12(2,3)15-6-4-10(5-7-15)14-11-8-13-9-11/h10-11,13-14H,4-9H2,1-3H3. The maximum absolute atomic E-state index is 3.74. The molecule has 0 radical (unpaired) electrons. The van der Waals surface area contributed by atoms with Crippen LogP contribution in [0.3, 0.4) is 0 Å². The van der Waals surface area contributed by atoms with Gasteiger partial charge in [0, 0.05) is 43.8 Å². The molecule has 0 aromatic rings. The van der Waals surface area contributed by atoms with Crippen molar-refractivity contribution in [1.82, 2.24) is 15.5 Å². The molecule has 0 unspecified atom stereocenters.